The minimum atomic E-state index is -4.49. The molecule has 0 radical (unpaired) electrons. The van der Waals surface area contributed by atoms with E-state index < -0.39 is 31.5 Å². The van der Waals surface area contributed by atoms with Gasteiger partial charge in [-0.2, -0.15) is 0 Å². The van der Waals surface area contributed by atoms with E-state index in [4.69, 9.17) is 19.3 Å². The molecule has 174 valence electrons. The fraction of sp³-hybridized carbons (Fsp3) is 0.875. The van der Waals surface area contributed by atoms with Crippen molar-refractivity contribution in [3.05, 3.63) is 10.4 Å². The van der Waals surface area contributed by atoms with Crippen molar-refractivity contribution < 1.29 is 37.3 Å². The maximum absolute atomic E-state index is 12.3. The van der Waals surface area contributed by atoms with E-state index in [1.54, 1.807) is 20.8 Å². The van der Waals surface area contributed by atoms with Crippen molar-refractivity contribution in [2.75, 3.05) is 54.0 Å². The van der Waals surface area contributed by atoms with E-state index in [0.29, 0.717) is 11.0 Å². The molecule has 0 rings (SSSR count). The summed E-state index contributed by atoms with van der Waals surface area (Å²) in [6.45, 7) is 4.93. The molecular formula is C16H33N6O7P. The number of nitrogens with one attached hydrogen (secondary N) is 2. The summed E-state index contributed by atoms with van der Waals surface area (Å²) in [7, 11) is 1.18. The van der Waals surface area contributed by atoms with Gasteiger partial charge in [0, 0.05) is 18.0 Å². The number of phosphoric ester groups is 1. The first-order chi connectivity index (χ1) is 13.7. The van der Waals surface area contributed by atoms with Gasteiger partial charge in [0.25, 0.3) is 7.82 Å². The van der Waals surface area contributed by atoms with Gasteiger partial charge >= 0.3 is 6.09 Å². The van der Waals surface area contributed by atoms with E-state index in [1.807, 2.05) is 21.1 Å². The van der Waals surface area contributed by atoms with E-state index in [0.717, 1.165) is 0 Å². The lowest BCUT2D eigenvalue weighted by Crippen LogP contribution is -2.49. The summed E-state index contributed by atoms with van der Waals surface area (Å²) >= 11 is 0. The molecule has 0 saturated carbocycles. The smallest absolute Gasteiger partial charge is 0.408 e. The van der Waals surface area contributed by atoms with Crippen molar-refractivity contribution in [3.8, 4) is 0 Å². The van der Waals surface area contributed by atoms with Gasteiger partial charge in [0.2, 0.25) is 5.91 Å². The van der Waals surface area contributed by atoms with E-state index in [1.165, 1.54) is 0 Å². The Morgan fingerprint density at radius 2 is 1.83 bits per heavy atom. The Labute approximate surface area is 176 Å². The van der Waals surface area contributed by atoms with Gasteiger partial charge in [0.05, 0.1) is 27.7 Å². The molecule has 0 aromatic rings. The summed E-state index contributed by atoms with van der Waals surface area (Å²) in [5.41, 5.74) is 7.61. The zero-order chi connectivity index (χ0) is 23.4. The monoisotopic (exact) mass is 452 g/mol. The van der Waals surface area contributed by atoms with Gasteiger partial charge < -0.3 is 33.8 Å². The molecule has 2 N–H and O–H groups in total. The average Bonchev–Trinajstić information content (AvgIpc) is 2.54. The highest BCUT2D eigenvalue weighted by molar-refractivity contribution is 7.45. The third kappa shape index (κ3) is 16.0. The van der Waals surface area contributed by atoms with Crippen LogP contribution in [0.1, 0.15) is 27.2 Å². The molecule has 14 heteroatoms. The number of amides is 2. The minimum Gasteiger partial charge on any atom is -0.756 e. The maximum atomic E-state index is 12.3. The van der Waals surface area contributed by atoms with Crippen LogP contribution in [-0.2, 0) is 23.1 Å². The van der Waals surface area contributed by atoms with Gasteiger partial charge in [-0.1, -0.05) is 5.11 Å². The summed E-state index contributed by atoms with van der Waals surface area (Å²) in [6, 6.07) is -1.04. The molecule has 2 amide bonds. The predicted molar refractivity (Wildman–Crippen MR) is 107 cm³/mol. The highest BCUT2D eigenvalue weighted by Gasteiger charge is 2.24. The Bertz CT molecular complexity index is 655. The molecule has 0 aliphatic heterocycles. The lowest BCUT2D eigenvalue weighted by molar-refractivity contribution is -0.870. The molecule has 0 spiro atoms. The zero-order valence-electron chi connectivity index (χ0n) is 18.4. The van der Waals surface area contributed by atoms with Crippen molar-refractivity contribution in [1.29, 1.82) is 0 Å². The quantitative estimate of drug-likeness (QED) is 0.104. The molecule has 1 unspecified atom stereocenters. The standard InChI is InChI=1S/C16H33N6O7P/c1-16(2,3)29-15(24)20-13(7-8-19-21-17)14(23)18-9-11-27-30(25,26)28-12-10-22(4,5)6/h13H,7-12H2,1-6H3,(H2-,18,20,23,24,25,26)/t13-/m0/s1. The molecule has 13 nitrogen and oxygen atoms in total. The van der Waals surface area contributed by atoms with Crippen LogP contribution < -0.4 is 15.5 Å². The van der Waals surface area contributed by atoms with Gasteiger partial charge in [0.15, 0.2) is 0 Å². The number of quaternary nitrogens is 1. The van der Waals surface area contributed by atoms with Crippen molar-refractivity contribution in [1.82, 2.24) is 10.6 Å². The van der Waals surface area contributed by atoms with Crippen molar-refractivity contribution in [3.63, 3.8) is 0 Å². The molecule has 0 heterocycles. The Morgan fingerprint density at radius 1 is 1.23 bits per heavy atom. The van der Waals surface area contributed by atoms with Crippen molar-refractivity contribution in [2.45, 2.75) is 38.8 Å². The summed E-state index contributed by atoms with van der Waals surface area (Å²) in [6.07, 6.45) is -0.779. The van der Waals surface area contributed by atoms with Crippen LogP contribution in [0.4, 0.5) is 4.79 Å². The van der Waals surface area contributed by atoms with Crippen molar-refractivity contribution >= 4 is 19.8 Å². The highest BCUT2D eigenvalue weighted by Crippen LogP contribution is 2.37. The Hall–Kier alpha value is -1.88. The summed E-state index contributed by atoms with van der Waals surface area (Å²) in [4.78, 5) is 38.5. The molecule has 0 fully saturated rings. The molecule has 0 aromatic heterocycles. The van der Waals surface area contributed by atoms with Gasteiger partial charge in [-0.05, 0) is 32.7 Å². The normalized spacial score (nSPS) is 14.8. The fourth-order valence-electron chi connectivity index (χ4n) is 1.87. The molecule has 30 heavy (non-hydrogen) atoms. The molecule has 0 aliphatic carbocycles. The van der Waals surface area contributed by atoms with Crippen LogP contribution in [0.25, 0.3) is 10.4 Å². The second-order valence-corrected chi connectivity index (χ2v) is 9.77. The number of hydrogen-bond donors (Lipinski definition) is 2. The molecule has 0 saturated heterocycles. The van der Waals surface area contributed by atoms with Gasteiger partial charge in [0.1, 0.15) is 24.8 Å². The topological polar surface area (TPSA) is 175 Å². The van der Waals surface area contributed by atoms with E-state index in [9.17, 15) is 19.0 Å². The van der Waals surface area contributed by atoms with Gasteiger partial charge in [-0.15, -0.1) is 0 Å². The number of hydrogen-bond acceptors (Lipinski definition) is 8. The summed E-state index contributed by atoms with van der Waals surface area (Å²) in [5, 5.41) is 8.17. The number of nitrogens with zero attached hydrogens (tertiary/aromatic N) is 4. The summed E-state index contributed by atoms with van der Waals surface area (Å²) in [5.74, 6) is -0.607. The Balaban J connectivity index is 4.53. The van der Waals surface area contributed by atoms with Crippen LogP contribution in [-0.4, -0.2) is 82.1 Å². The number of alkyl carbamates (subject to hydrolysis) is 1. The SMILES string of the molecule is CC(C)(C)OC(=O)N[C@@H](CCN=[N+]=[N-])C(=O)NCCOP(=O)([O-])OCC[N+](C)(C)C. The van der Waals surface area contributed by atoms with Crippen LogP contribution >= 0.6 is 7.82 Å². The van der Waals surface area contributed by atoms with E-state index >= 15 is 0 Å². The summed E-state index contributed by atoms with van der Waals surface area (Å²) < 4.78 is 26.8. The van der Waals surface area contributed by atoms with E-state index in [2.05, 4.69) is 20.7 Å². The molecule has 0 aliphatic rings. The molecule has 2 atom stereocenters. The first-order valence-corrected chi connectivity index (χ1v) is 10.8. The second kappa shape index (κ2) is 12.7. The number of phosphoric acid groups is 1. The molecule has 0 aromatic carbocycles. The van der Waals surface area contributed by atoms with Crippen LogP contribution in [0.5, 0.6) is 0 Å². The zero-order valence-corrected chi connectivity index (χ0v) is 19.3. The first-order valence-electron chi connectivity index (χ1n) is 9.34. The Kier molecular flexibility index (Phi) is 11.9. The number of likely N-dealkylation sites (N-methyl/N-ethyl adjacent to an activating group) is 1. The Morgan fingerprint density at radius 3 is 2.37 bits per heavy atom. The molecular weight excluding hydrogens is 419 g/mol. The van der Waals surface area contributed by atoms with Crippen LogP contribution in [0.15, 0.2) is 5.11 Å². The van der Waals surface area contributed by atoms with Crippen LogP contribution in [0.2, 0.25) is 0 Å². The van der Waals surface area contributed by atoms with Crippen LogP contribution in [0.3, 0.4) is 0 Å². The third-order valence-electron chi connectivity index (χ3n) is 3.25. The second-order valence-electron chi connectivity index (χ2n) is 8.36. The minimum absolute atomic E-state index is 0.0298. The lowest BCUT2D eigenvalue weighted by atomic mass is 10.2. The fourth-order valence-corrected chi connectivity index (χ4v) is 2.56. The maximum Gasteiger partial charge on any atom is 0.408 e. The first kappa shape index (κ1) is 28.1. The largest absolute Gasteiger partial charge is 0.756 e. The highest BCUT2D eigenvalue weighted by atomic mass is 31.2. The van der Waals surface area contributed by atoms with Gasteiger partial charge in [-0.3, -0.25) is 9.36 Å². The third-order valence-corrected chi connectivity index (χ3v) is 4.25. The van der Waals surface area contributed by atoms with Crippen molar-refractivity contribution in [2.24, 2.45) is 5.11 Å². The van der Waals surface area contributed by atoms with Crippen LogP contribution in [0, 0.1) is 0 Å². The number of azide groups is 1. The van der Waals surface area contributed by atoms with Gasteiger partial charge in [-0.25, -0.2) is 4.79 Å². The predicted octanol–water partition coefficient (Wildman–Crippen LogP) is 0.904. The number of carbonyl (C=O) groups excluding carboxylic acids is 2. The molecule has 0 bridgehead atoms. The average molecular weight is 452 g/mol. The van der Waals surface area contributed by atoms with E-state index in [-0.39, 0.29) is 32.7 Å². The lowest BCUT2D eigenvalue weighted by Gasteiger charge is -2.27. The number of ether oxygens (including phenoxy) is 1. The number of carbonyl (C=O) groups is 2. The number of rotatable bonds is 13.